The minimum Gasteiger partial charge on any atom is -0.242 e. The molecular formula is C9H10ClN2O+. The number of halogens is 1. The Hall–Kier alpha value is -1.06. The number of hydrogen-bond acceptors (Lipinski definition) is 2. The zero-order chi connectivity index (χ0) is 9.26. The summed E-state index contributed by atoms with van der Waals surface area (Å²) in [6, 6.07) is 7.55. The Labute approximate surface area is 81.3 Å². The number of hydrogen-bond donors (Lipinski definition) is 2. The standard InChI is InChI=1S/C9H9ClN2O/c1-6-11-9(12-13-6)7-2-4-8(10)5-3-7/h2-6H,1H3,(H,11,12)/p+1/t6-/m0/s1. The van der Waals surface area contributed by atoms with Gasteiger partial charge in [0.2, 0.25) is 6.23 Å². The topological polar surface area (TPSA) is 35.2 Å². The average molecular weight is 198 g/mol. The Bertz CT molecular complexity index is 334. The van der Waals surface area contributed by atoms with E-state index < -0.39 is 0 Å². The first kappa shape index (κ1) is 8.53. The molecule has 0 aliphatic carbocycles. The second-order valence-electron chi connectivity index (χ2n) is 2.89. The molecule has 0 aromatic heterocycles. The van der Waals surface area contributed by atoms with Crippen LogP contribution < -0.4 is 10.5 Å². The molecule has 0 fully saturated rings. The summed E-state index contributed by atoms with van der Waals surface area (Å²) >= 11 is 5.77. The molecule has 0 saturated carbocycles. The Kier molecular flexibility index (Phi) is 2.20. The SMILES string of the molecule is C[C@H]1[NH+]=C(c2ccc(Cl)cc2)NO1. The van der Waals surface area contributed by atoms with Crippen molar-refractivity contribution in [3.05, 3.63) is 34.9 Å². The largest absolute Gasteiger partial charge is 0.307 e. The van der Waals surface area contributed by atoms with E-state index in [-0.39, 0.29) is 6.23 Å². The third kappa shape index (κ3) is 1.82. The fourth-order valence-electron chi connectivity index (χ4n) is 1.17. The molecule has 1 aromatic carbocycles. The maximum atomic E-state index is 5.77. The van der Waals surface area contributed by atoms with E-state index in [1.54, 1.807) is 0 Å². The number of amidine groups is 1. The highest BCUT2D eigenvalue weighted by Crippen LogP contribution is 2.08. The van der Waals surface area contributed by atoms with Crippen LogP contribution in [0.3, 0.4) is 0 Å². The smallest absolute Gasteiger partial charge is 0.242 e. The normalized spacial score (nSPS) is 21.1. The molecule has 4 heteroatoms. The van der Waals surface area contributed by atoms with Crippen LogP contribution in [-0.2, 0) is 4.84 Å². The minimum absolute atomic E-state index is 0.00526. The number of hydroxylamine groups is 1. The minimum atomic E-state index is 0.00526. The average Bonchev–Trinajstić information content (AvgIpc) is 2.53. The van der Waals surface area contributed by atoms with Crippen molar-refractivity contribution in [1.29, 1.82) is 0 Å². The van der Waals surface area contributed by atoms with Gasteiger partial charge in [-0.2, -0.15) is 0 Å². The Balaban J connectivity index is 2.26. The fraction of sp³-hybridized carbons (Fsp3) is 0.222. The molecule has 2 N–H and O–H groups in total. The van der Waals surface area contributed by atoms with Gasteiger partial charge in [0.25, 0.3) is 0 Å². The lowest BCUT2D eigenvalue weighted by atomic mass is 10.2. The molecule has 0 radical (unpaired) electrons. The summed E-state index contributed by atoms with van der Waals surface area (Å²) in [5, 5.41) is 0.733. The van der Waals surface area contributed by atoms with E-state index in [0.717, 1.165) is 16.4 Å². The second-order valence-corrected chi connectivity index (χ2v) is 3.32. The van der Waals surface area contributed by atoms with Crippen LogP contribution in [0, 0.1) is 0 Å². The van der Waals surface area contributed by atoms with Crippen LogP contribution in [0.1, 0.15) is 12.5 Å². The van der Waals surface area contributed by atoms with E-state index in [0.29, 0.717) is 0 Å². The van der Waals surface area contributed by atoms with E-state index in [2.05, 4.69) is 10.5 Å². The van der Waals surface area contributed by atoms with Crippen LogP contribution in [0.15, 0.2) is 24.3 Å². The van der Waals surface area contributed by atoms with E-state index in [1.165, 1.54) is 0 Å². The van der Waals surface area contributed by atoms with Gasteiger partial charge in [-0.25, -0.2) is 4.99 Å². The van der Waals surface area contributed by atoms with Crippen LogP contribution in [0.5, 0.6) is 0 Å². The molecule has 0 amide bonds. The van der Waals surface area contributed by atoms with E-state index in [9.17, 15) is 0 Å². The molecule has 0 saturated heterocycles. The van der Waals surface area contributed by atoms with E-state index >= 15 is 0 Å². The molecule has 1 aliphatic heterocycles. The van der Waals surface area contributed by atoms with Crippen LogP contribution in [0.2, 0.25) is 5.02 Å². The van der Waals surface area contributed by atoms with Gasteiger partial charge in [0, 0.05) is 11.9 Å². The molecule has 0 bridgehead atoms. The summed E-state index contributed by atoms with van der Waals surface area (Å²) in [5.41, 5.74) is 3.84. The highest BCUT2D eigenvalue weighted by atomic mass is 35.5. The van der Waals surface area contributed by atoms with E-state index in [1.807, 2.05) is 31.2 Å². The first-order valence-corrected chi connectivity index (χ1v) is 4.44. The van der Waals surface area contributed by atoms with Crippen molar-refractivity contribution in [2.45, 2.75) is 13.2 Å². The molecule has 1 aliphatic rings. The van der Waals surface area contributed by atoms with Gasteiger partial charge in [0.05, 0.1) is 5.56 Å². The maximum Gasteiger partial charge on any atom is 0.307 e. The monoisotopic (exact) mass is 197 g/mol. The molecule has 3 nitrogen and oxygen atoms in total. The van der Waals surface area contributed by atoms with Crippen molar-refractivity contribution < 1.29 is 9.83 Å². The number of rotatable bonds is 1. The van der Waals surface area contributed by atoms with Gasteiger partial charge in [-0.15, -0.1) is 10.3 Å². The highest BCUT2D eigenvalue weighted by molar-refractivity contribution is 6.30. The molecule has 1 aromatic rings. The predicted molar refractivity (Wildman–Crippen MR) is 50.2 cm³/mol. The molecule has 1 heterocycles. The Morgan fingerprint density at radius 3 is 2.62 bits per heavy atom. The van der Waals surface area contributed by atoms with Gasteiger partial charge in [-0.1, -0.05) is 11.6 Å². The number of benzene rings is 1. The van der Waals surface area contributed by atoms with Gasteiger partial charge >= 0.3 is 5.84 Å². The van der Waals surface area contributed by atoms with Crippen LogP contribution in [-0.4, -0.2) is 12.1 Å². The van der Waals surface area contributed by atoms with Gasteiger partial charge < -0.3 is 0 Å². The van der Waals surface area contributed by atoms with Crippen molar-refractivity contribution in [1.82, 2.24) is 5.48 Å². The predicted octanol–water partition coefficient (Wildman–Crippen LogP) is 0.0480. The van der Waals surface area contributed by atoms with Crippen molar-refractivity contribution in [2.75, 3.05) is 0 Å². The molecule has 13 heavy (non-hydrogen) atoms. The third-order valence-electron chi connectivity index (χ3n) is 1.82. The van der Waals surface area contributed by atoms with Gasteiger partial charge in [0.15, 0.2) is 0 Å². The summed E-state index contributed by atoms with van der Waals surface area (Å²) in [7, 11) is 0. The fourth-order valence-corrected chi connectivity index (χ4v) is 1.29. The van der Waals surface area contributed by atoms with Crippen LogP contribution >= 0.6 is 11.6 Å². The summed E-state index contributed by atoms with van der Waals surface area (Å²) in [6.07, 6.45) is 0.00526. The molecule has 68 valence electrons. The maximum absolute atomic E-state index is 5.77. The molecule has 0 spiro atoms. The van der Waals surface area contributed by atoms with Crippen LogP contribution in [0.4, 0.5) is 0 Å². The lowest BCUT2D eigenvalue weighted by molar-refractivity contribution is -0.535. The first-order valence-electron chi connectivity index (χ1n) is 4.07. The van der Waals surface area contributed by atoms with Crippen molar-refractivity contribution in [2.24, 2.45) is 0 Å². The van der Waals surface area contributed by atoms with Crippen molar-refractivity contribution in [3.8, 4) is 0 Å². The lowest BCUT2D eigenvalue weighted by Gasteiger charge is -1.93. The molecule has 2 rings (SSSR count). The molecular weight excluding hydrogens is 188 g/mol. The number of nitrogens with one attached hydrogen (secondary N) is 2. The third-order valence-corrected chi connectivity index (χ3v) is 2.07. The Morgan fingerprint density at radius 1 is 1.38 bits per heavy atom. The molecule has 1 atom stereocenters. The van der Waals surface area contributed by atoms with Gasteiger partial charge in [-0.05, 0) is 24.3 Å². The second kappa shape index (κ2) is 3.36. The summed E-state index contributed by atoms with van der Waals surface area (Å²) in [6.45, 7) is 1.93. The first-order chi connectivity index (χ1) is 6.25. The molecule has 0 unspecified atom stereocenters. The quantitative estimate of drug-likeness (QED) is 0.668. The van der Waals surface area contributed by atoms with Crippen LogP contribution in [0.25, 0.3) is 0 Å². The van der Waals surface area contributed by atoms with Crippen molar-refractivity contribution in [3.63, 3.8) is 0 Å². The highest BCUT2D eigenvalue weighted by Gasteiger charge is 2.21. The lowest BCUT2D eigenvalue weighted by Crippen LogP contribution is -2.76. The Morgan fingerprint density at radius 2 is 2.08 bits per heavy atom. The zero-order valence-electron chi connectivity index (χ0n) is 7.17. The van der Waals surface area contributed by atoms with Crippen molar-refractivity contribution >= 4 is 17.4 Å². The summed E-state index contributed by atoms with van der Waals surface area (Å²) in [5.74, 6) is 0.879. The van der Waals surface area contributed by atoms with Gasteiger partial charge in [-0.3, -0.25) is 0 Å². The van der Waals surface area contributed by atoms with Gasteiger partial charge in [0.1, 0.15) is 0 Å². The zero-order valence-corrected chi connectivity index (χ0v) is 7.93. The summed E-state index contributed by atoms with van der Waals surface area (Å²) in [4.78, 5) is 8.25. The van der Waals surface area contributed by atoms with E-state index in [4.69, 9.17) is 16.4 Å². The summed E-state index contributed by atoms with van der Waals surface area (Å²) < 4.78 is 0.